The predicted octanol–water partition coefficient (Wildman–Crippen LogP) is -2.33. The molecule has 0 aliphatic carbocycles. The molecule has 204 valence electrons. The molecule has 2 aromatic heterocycles. The molecule has 2 fully saturated rings. The summed E-state index contributed by atoms with van der Waals surface area (Å²) in [6.07, 6.45) is -4.75. The number of guanidine groups is 1. The number of aliphatic hydroxyl groups excluding tert-OH is 2. The van der Waals surface area contributed by atoms with E-state index in [1.165, 1.54) is 10.9 Å². The van der Waals surface area contributed by atoms with Gasteiger partial charge in [0.15, 0.2) is 17.1 Å². The third-order valence-corrected chi connectivity index (χ3v) is 6.64. The Morgan fingerprint density at radius 2 is 2.14 bits per heavy atom. The minimum absolute atomic E-state index is 0.0732. The Bertz CT molecular complexity index is 1280. The molecule has 2 saturated heterocycles. The molecule has 2 aliphatic rings. The average molecular weight is 546 g/mol. The van der Waals surface area contributed by atoms with Crippen LogP contribution in [-0.4, -0.2) is 90.5 Å². The minimum Gasteiger partial charge on any atom is -0.394 e. The Kier molecular flexibility index (Phi) is 7.91. The SMILES string of the molecule is Cc1nc2c(ncn2[C@H]2C[C@@H](O)[C@@H](COP(=O)(O)O[C@@H]3C[C@@H](NC(=O)N=C(N)N)O[C@@H]3CO)O2)c(=O)[nH]1. The molecule has 2 aromatic rings. The maximum absolute atomic E-state index is 12.6. The number of nitrogens with zero attached hydrogens (tertiary/aromatic N) is 4. The number of hydrogen-bond donors (Lipinski definition) is 7. The van der Waals surface area contributed by atoms with E-state index in [9.17, 15) is 29.3 Å². The third kappa shape index (κ3) is 6.31. The van der Waals surface area contributed by atoms with Gasteiger partial charge in [0.2, 0.25) is 0 Å². The Labute approximate surface area is 208 Å². The highest BCUT2D eigenvalue weighted by atomic mass is 31.2. The lowest BCUT2D eigenvalue weighted by Crippen LogP contribution is -2.35. The second kappa shape index (κ2) is 10.8. The van der Waals surface area contributed by atoms with Gasteiger partial charge in [-0.25, -0.2) is 19.3 Å². The maximum Gasteiger partial charge on any atom is 0.472 e. The van der Waals surface area contributed by atoms with Gasteiger partial charge in [-0.15, -0.1) is 0 Å². The number of ether oxygens (including phenoxy) is 2. The number of H-pyrrole nitrogens is 1. The van der Waals surface area contributed by atoms with Crippen molar-refractivity contribution < 1.29 is 43.0 Å². The number of aromatic amines is 1. The van der Waals surface area contributed by atoms with Crippen LogP contribution < -0.4 is 22.3 Å². The number of phosphoric acid groups is 1. The van der Waals surface area contributed by atoms with E-state index in [1.54, 1.807) is 6.92 Å². The number of phosphoric ester groups is 1. The van der Waals surface area contributed by atoms with Crippen LogP contribution >= 0.6 is 7.82 Å². The van der Waals surface area contributed by atoms with Crippen molar-refractivity contribution in [1.29, 1.82) is 0 Å². The van der Waals surface area contributed by atoms with Crippen molar-refractivity contribution in [2.45, 2.75) is 56.6 Å². The molecule has 0 aromatic carbocycles. The summed E-state index contributed by atoms with van der Waals surface area (Å²) in [6, 6.07) is -0.909. The molecule has 0 bridgehead atoms. The summed E-state index contributed by atoms with van der Waals surface area (Å²) in [7, 11) is -4.73. The minimum atomic E-state index is -4.73. The lowest BCUT2D eigenvalue weighted by Gasteiger charge is -2.21. The Balaban J connectivity index is 1.34. The molecule has 0 radical (unpaired) electrons. The fourth-order valence-electron chi connectivity index (χ4n) is 4.02. The lowest BCUT2D eigenvalue weighted by molar-refractivity contribution is -0.0515. The second-order valence-electron chi connectivity index (χ2n) is 8.38. The number of urea groups is 1. The van der Waals surface area contributed by atoms with E-state index in [0.717, 1.165) is 0 Å². The normalized spacial score (nSPS) is 29.3. The Hall–Kier alpha value is -2.96. The Morgan fingerprint density at radius 3 is 2.84 bits per heavy atom. The van der Waals surface area contributed by atoms with Gasteiger partial charge >= 0.3 is 13.9 Å². The quantitative estimate of drug-likeness (QED) is 0.104. The van der Waals surface area contributed by atoms with E-state index < -0.39 is 75.5 Å². The number of aliphatic hydroxyl groups is 2. The van der Waals surface area contributed by atoms with Crippen molar-refractivity contribution in [3.63, 3.8) is 0 Å². The zero-order valence-corrected chi connectivity index (χ0v) is 20.4. The molecule has 19 heteroatoms. The van der Waals surface area contributed by atoms with Crippen molar-refractivity contribution in [2.75, 3.05) is 13.2 Å². The van der Waals surface area contributed by atoms with Crippen LogP contribution in [0.1, 0.15) is 24.9 Å². The highest BCUT2D eigenvalue weighted by molar-refractivity contribution is 7.47. The van der Waals surface area contributed by atoms with Gasteiger partial charge in [0, 0.05) is 12.8 Å². The summed E-state index contributed by atoms with van der Waals surface area (Å²) >= 11 is 0. The number of fused-ring (bicyclic) bond motifs is 1. The number of nitrogens with one attached hydrogen (secondary N) is 2. The van der Waals surface area contributed by atoms with Gasteiger partial charge in [0.1, 0.15) is 36.6 Å². The number of hydrogen-bond acceptors (Lipinski definition) is 11. The first-order valence-electron chi connectivity index (χ1n) is 11.0. The monoisotopic (exact) mass is 546 g/mol. The number of nitrogens with two attached hydrogens (primary N) is 2. The maximum atomic E-state index is 12.6. The van der Waals surface area contributed by atoms with Crippen molar-refractivity contribution in [1.82, 2.24) is 24.8 Å². The molecule has 0 saturated carbocycles. The summed E-state index contributed by atoms with van der Waals surface area (Å²) in [4.78, 5) is 48.0. The third-order valence-electron chi connectivity index (χ3n) is 5.63. The number of amides is 2. The van der Waals surface area contributed by atoms with Gasteiger partial charge in [-0.2, -0.15) is 4.99 Å². The van der Waals surface area contributed by atoms with Crippen LogP contribution in [0, 0.1) is 6.92 Å². The largest absolute Gasteiger partial charge is 0.472 e. The van der Waals surface area contributed by atoms with Crippen molar-refractivity contribution in [3.05, 3.63) is 22.5 Å². The average Bonchev–Trinajstić information content (AvgIpc) is 3.48. The number of rotatable bonds is 8. The molecule has 37 heavy (non-hydrogen) atoms. The van der Waals surface area contributed by atoms with E-state index in [1.807, 2.05) is 0 Å². The van der Waals surface area contributed by atoms with Crippen molar-refractivity contribution >= 4 is 31.0 Å². The fraction of sp³-hybridized carbons (Fsp3) is 0.611. The molecule has 9 N–H and O–H groups in total. The summed E-state index contributed by atoms with van der Waals surface area (Å²) in [5.41, 5.74) is 10.2. The van der Waals surface area contributed by atoms with Crippen LogP contribution in [0.2, 0.25) is 0 Å². The number of aromatic nitrogens is 4. The van der Waals surface area contributed by atoms with Crippen LogP contribution in [0.3, 0.4) is 0 Å². The van der Waals surface area contributed by atoms with Gasteiger partial charge in [-0.3, -0.25) is 18.4 Å². The van der Waals surface area contributed by atoms with E-state index in [4.69, 9.17) is 30.0 Å². The second-order valence-corrected chi connectivity index (χ2v) is 9.79. The van der Waals surface area contributed by atoms with Gasteiger partial charge < -0.3 is 46.3 Å². The molecule has 18 nitrogen and oxygen atoms in total. The molecule has 4 rings (SSSR count). The highest BCUT2D eigenvalue weighted by Crippen LogP contribution is 2.48. The topological polar surface area (TPSA) is 272 Å². The molecular formula is C18H27N8O10P. The van der Waals surface area contributed by atoms with Gasteiger partial charge in [-0.1, -0.05) is 0 Å². The summed E-state index contributed by atoms with van der Waals surface area (Å²) < 4.78 is 35.4. The van der Waals surface area contributed by atoms with E-state index in [0.29, 0.717) is 5.82 Å². The van der Waals surface area contributed by atoms with E-state index in [-0.39, 0.29) is 24.0 Å². The van der Waals surface area contributed by atoms with Gasteiger partial charge in [0.05, 0.1) is 25.6 Å². The number of aryl methyl sites for hydroxylation is 1. The molecule has 4 heterocycles. The van der Waals surface area contributed by atoms with Crippen LogP contribution in [0.25, 0.3) is 11.2 Å². The summed E-state index contributed by atoms with van der Waals surface area (Å²) in [6.45, 7) is 0.503. The number of aliphatic imine (C=N–C) groups is 1. The first-order valence-corrected chi connectivity index (χ1v) is 12.5. The molecular weight excluding hydrogens is 519 g/mol. The summed E-state index contributed by atoms with van der Waals surface area (Å²) in [5, 5.41) is 22.2. The first-order chi connectivity index (χ1) is 17.5. The van der Waals surface area contributed by atoms with Crippen molar-refractivity contribution in [3.8, 4) is 0 Å². The smallest absolute Gasteiger partial charge is 0.394 e. The first kappa shape index (κ1) is 27.1. The van der Waals surface area contributed by atoms with E-state index in [2.05, 4.69) is 25.3 Å². The van der Waals surface area contributed by atoms with Crippen LogP contribution in [-0.2, 0) is 23.1 Å². The molecule has 0 spiro atoms. The number of imidazole rings is 1. The molecule has 1 unspecified atom stereocenters. The zero-order chi connectivity index (χ0) is 26.9. The molecule has 2 aliphatic heterocycles. The van der Waals surface area contributed by atoms with Crippen molar-refractivity contribution in [2.24, 2.45) is 16.5 Å². The number of carbonyl (C=O) groups excluding carboxylic acids is 1. The lowest BCUT2D eigenvalue weighted by atomic mass is 10.2. The fourth-order valence-corrected chi connectivity index (χ4v) is 4.98. The molecule has 7 atom stereocenters. The number of carbonyl (C=O) groups is 1. The zero-order valence-electron chi connectivity index (χ0n) is 19.5. The van der Waals surface area contributed by atoms with Crippen LogP contribution in [0.15, 0.2) is 16.1 Å². The van der Waals surface area contributed by atoms with E-state index >= 15 is 0 Å². The summed E-state index contributed by atoms with van der Waals surface area (Å²) in [5.74, 6) is -0.110. The van der Waals surface area contributed by atoms with Crippen LogP contribution in [0.5, 0.6) is 0 Å². The highest BCUT2D eigenvalue weighted by Gasteiger charge is 2.43. The van der Waals surface area contributed by atoms with Crippen LogP contribution in [0.4, 0.5) is 4.79 Å². The standard InChI is InChI=1S/C18H27N8O10P/c1-7-22-15-14(16(29)23-7)21-6-26(15)13-2-8(28)11(35-13)5-33-37(31,32)36-9-3-12(34-10(9)4-27)24-18(30)25-17(19)20/h6,8-13,27-28H,2-5H2,1H3,(H,31,32)(H,22,23,29)(H5,19,20,24,25,30)/t8-,9-,10-,11-,12+,13-/m1/s1. The van der Waals surface area contributed by atoms with Gasteiger partial charge in [0.25, 0.3) is 5.56 Å². The predicted molar refractivity (Wildman–Crippen MR) is 123 cm³/mol. The van der Waals surface area contributed by atoms with Gasteiger partial charge in [-0.05, 0) is 6.92 Å². The Morgan fingerprint density at radius 1 is 1.38 bits per heavy atom. The molecule has 2 amide bonds.